The minimum absolute atomic E-state index is 1.24. The van der Waals surface area contributed by atoms with Crippen molar-refractivity contribution in [3.05, 3.63) is 4.91 Å². The van der Waals surface area contributed by atoms with Gasteiger partial charge in [0.2, 0.25) is 0 Å². The van der Waals surface area contributed by atoms with Crippen molar-refractivity contribution >= 4 is 0 Å². The molecule has 0 aliphatic heterocycles. The van der Waals surface area contributed by atoms with Gasteiger partial charge >= 0.3 is 5.91 Å². The topological polar surface area (TPSA) is 151 Å². The van der Waals surface area contributed by atoms with Crippen LogP contribution in [0.3, 0.4) is 0 Å². The van der Waals surface area contributed by atoms with E-state index >= 15 is 0 Å². The van der Waals surface area contributed by atoms with Crippen molar-refractivity contribution in [2.24, 2.45) is 5.18 Å². The predicted octanol–water partition coefficient (Wildman–Crippen LogP) is -3.23. The molecule has 8 heteroatoms. The predicted molar refractivity (Wildman–Crippen MR) is 33.0 cm³/mol. The molecule has 0 amide bonds. The van der Waals surface area contributed by atoms with Crippen LogP contribution in [0.25, 0.3) is 0 Å². The summed E-state index contributed by atoms with van der Waals surface area (Å²) in [5.74, 6) is -6.64. The first kappa shape index (κ1) is 11.4. The Morgan fingerprint density at radius 1 is 1.17 bits per heavy atom. The van der Waals surface area contributed by atoms with E-state index < -0.39 is 24.4 Å². The van der Waals surface area contributed by atoms with Gasteiger partial charge in [0.25, 0.3) is 5.97 Å². The van der Waals surface area contributed by atoms with Gasteiger partial charge in [-0.05, 0) is 5.18 Å². The third kappa shape index (κ3) is 3.67. The molecule has 0 saturated carbocycles. The van der Waals surface area contributed by atoms with Crippen LogP contribution in [-0.4, -0.2) is 48.6 Å². The first-order valence-corrected chi connectivity index (χ1v) is 2.83. The molecule has 0 heterocycles. The number of nitrogens with zero attached hydrogens (tertiary/aromatic N) is 1. The van der Waals surface area contributed by atoms with Crippen LogP contribution in [0.2, 0.25) is 0 Å². The highest BCUT2D eigenvalue weighted by molar-refractivity contribution is 4.73. The van der Waals surface area contributed by atoms with Crippen LogP contribution >= 0.6 is 0 Å². The number of hydrogen-bond donors (Lipinski definition) is 6. The number of hydrogen-bond acceptors (Lipinski definition) is 8. The molecular formula is C4H9NO7. The third-order valence-electron chi connectivity index (χ3n) is 1.05. The van der Waals surface area contributed by atoms with Crippen molar-refractivity contribution in [2.45, 2.75) is 24.4 Å². The molecule has 1 atom stereocenters. The SMILES string of the molecule is O=NC(O)(O)C(O)CC(O)(O)O. The van der Waals surface area contributed by atoms with Crippen molar-refractivity contribution in [1.82, 2.24) is 0 Å². The first-order valence-electron chi connectivity index (χ1n) is 2.83. The summed E-state index contributed by atoms with van der Waals surface area (Å²) in [6, 6.07) is 0. The molecule has 0 spiro atoms. The third-order valence-corrected chi connectivity index (χ3v) is 1.05. The van der Waals surface area contributed by atoms with Crippen LogP contribution in [0.4, 0.5) is 0 Å². The van der Waals surface area contributed by atoms with Crippen molar-refractivity contribution in [3.8, 4) is 0 Å². The Kier molecular flexibility index (Phi) is 3.21. The standard InChI is InChI=1S/C4H9NO7/c6-2(1-3(7,8)9)4(10,11)5-12/h2,6-11H,1H2. The normalized spacial score (nSPS) is 15.8. The molecule has 0 aliphatic carbocycles. The molecule has 0 rings (SSSR count). The van der Waals surface area contributed by atoms with Crippen molar-refractivity contribution < 1.29 is 30.6 Å². The van der Waals surface area contributed by atoms with Crippen LogP contribution in [0.1, 0.15) is 6.42 Å². The van der Waals surface area contributed by atoms with Crippen molar-refractivity contribution in [1.29, 1.82) is 0 Å². The smallest absolute Gasteiger partial charge is 0.330 e. The van der Waals surface area contributed by atoms with Gasteiger partial charge in [0.05, 0.1) is 6.42 Å². The van der Waals surface area contributed by atoms with Crippen LogP contribution in [-0.2, 0) is 0 Å². The average Bonchev–Trinajstić information content (AvgIpc) is 1.84. The van der Waals surface area contributed by atoms with E-state index in [1.807, 2.05) is 0 Å². The molecule has 0 saturated heterocycles. The summed E-state index contributed by atoms with van der Waals surface area (Å²) in [6.07, 6.45) is -3.54. The van der Waals surface area contributed by atoms with Gasteiger partial charge in [0.1, 0.15) is 6.10 Å². The van der Waals surface area contributed by atoms with Gasteiger partial charge in [0, 0.05) is 0 Å². The Morgan fingerprint density at radius 2 is 1.58 bits per heavy atom. The monoisotopic (exact) mass is 183 g/mol. The van der Waals surface area contributed by atoms with Gasteiger partial charge in [-0.3, -0.25) is 0 Å². The first-order chi connectivity index (χ1) is 5.19. The maximum atomic E-state index is 9.60. The summed E-state index contributed by atoms with van der Waals surface area (Å²) in [6.45, 7) is 0. The highest BCUT2D eigenvalue weighted by Crippen LogP contribution is 2.16. The number of nitroso groups, excluding NO2 is 1. The molecule has 0 radical (unpaired) electrons. The average molecular weight is 183 g/mol. The molecule has 0 bridgehead atoms. The van der Waals surface area contributed by atoms with Crippen LogP contribution in [0.5, 0.6) is 0 Å². The molecule has 0 aromatic carbocycles. The van der Waals surface area contributed by atoms with Gasteiger partial charge in [-0.1, -0.05) is 0 Å². The van der Waals surface area contributed by atoms with Gasteiger partial charge in [-0.2, -0.15) is 0 Å². The number of rotatable bonds is 4. The molecule has 1 unspecified atom stereocenters. The summed E-state index contributed by atoms with van der Waals surface area (Å²) in [5, 5.41) is 51.9. The van der Waals surface area contributed by atoms with Crippen LogP contribution in [0, 0.1) is 4.91 Å². The fourth-order valence-corrected chi connectivity index (χ4v) is 0.457. The lowest BCUT2D eigenvalue weighted by molar-refractivity contribution is -0.340. The Labute approximate surface area is 66.3 Å². The van der Waals surface area contributed by atoms with E-state index in [1.165, 1.54) is 0 Å². The number of aliphatic hydroxyl groups excluding tert-OH is 1. The quantitative estimate of drug-likeness (QED) is 0.198. The zero-order valence-electron chi connectivity index (χ0n) is 5.82. The zero-order chi connectivity index (χ0) is 9.99. The lowest BCUT2D eigenvalue weighted by atomic mass is 10.2. The Bertz CT molecular complexity index is 161. The Hall–Kier alpha value is -0.640. The van der Waals surface area contributed by atoms with Gasteiger partial charge in [0.15, 0.2) is 0 Å². The van der Waals surface area contributed by atoms with E-state index in [-0.39, 0.29) is 0 Å². The van der Waals surface area contributed by atoms with E-state index in [9.17, 15) is 4.91 Å². The summed E-state index contributed by atoms with van der Waals surface area (Å²) < 4.78 is 0. The van der Waals surface area contributed by atoms with Gasteiger partial charge in [-0.15, -0.1) is 4.91 Å². The van der Waals surface area contributed by atoms with Crippen molar-refractivity contribution in [3.63, 3.8) is 0 Å². The Balaban J connectivity index is 4.22. The summed E-state index contributed by atoms with van der Waals surface area (Å²) >= 11 is 0. The van der Waals surface area contributed by atoms with E-state index in [2.05, 4.69) is 0 Å². The highest BCUT2D eigenvalue weighted by atomic mass is 16.7. The Morgan fingerprint density at radius 3 is 1.83 bits per heavy atom. The molecule has 0 aromatic rings. The van der Waals surface area contributed by atoms with E-state index in [0.717, 1.165) is 0 Å². The number of aliphatic hydroxyl groups is 6. The van der Waals surface area contributed by atoms with Crippen LogP contribution < -0.4 is 0 Å². The largest absolute Gasteiger partial charge is 0.385 e. The second-order valence-electron chi connectivity index (χ2n) is 2.27. The maximum absolute atomic E-state index is 9.60. The van der Waals surface area contributed by atoms with E-state index in [4.69, 9.17) is 30.6 Å². The van der Waals surface area contributed by atoms with Gasteiger partial charge in [-0.25, -0.2) is 0 Å². The van der Waals surface area contributed by atoms with E-state index in [1.54, 1.807) is 5.18 Å². The highest BCUT2D eigenvalue weighted by Gasteiger charge is 2.40. The summed E-state index contributed by atoms with van der Waals surface area (Å²) in [7, 11) is 0. The lowest BCUT2D eigenvalue weighted by Crippen LogP contribution is -2.45. The zero-order valence-corrected chi connectivity index (χ0v) is 5.82. The molecule has 72 valence electrons. The molecular weight excluding hydrogens is 174 g/mol. The van der Waals surface area contributed by atoms with E-state index in [0.29, 0.717) is 0 Å². The minimum Gasteiger partial charge on any atom is -0.385 e. The summed E-state index contributed by atoms with van der Waals surface area (Å²) in [4.78, 5) is 9.60. The molecule has 12 heavy (non-hydrogen) atoms. The maximum Gasteiger partial charge on any atom is 0.330 e. The van der Waals surface area contributed by atoms with Gasteiger partial charge < -0.3 is 30.6 Å². The molecule has 0 aromatic heterocycles. The molecule has 0 aliphatic rings. The molecule has 0 fully saturated rings. The van der Waals surface area contributed by atoms with Crippen LogP contribution in [0.15, 0.2) is 5.18 Å². The fraction of sp³-hybridized carbons (Fsp3) is 1.00. The fourth-order valence-electron chi connectivity index (χ4n) is 0.457. The molecule has 8 nitrogen and oxygen atoms in total. The second-order valence-corrected chi connectivity index (χ2v) is 2.27. The molecule has 6 N–H and O–H groups in total. The minimum atomic E-state index is -3.35. The lowest BCUT2D eigenvalue weighted by Gasteiger charge is -2.23. The second kappa shape index (κ2) is 3.39. The van der Waals surface area contributed by atoms with Crippen molar-refractivity contribution in [2.75, 3.05) is 0 Å². The summed E-state index contributed by atoms with van der Waals surface area (Å²) in [5.41, 5.74) is 0.